The lowest BCUT2D eigenvalue weighted by molar-refractivity contribution is -0.153. The Kier molecular flexibility index (Phi) is 5.44. The smallest absolute Gasteiger partial charge is 0.307 e. The monoisotopic (exact) mass is 374 g/mol. The number of aryl methyl sites for hydroxylation is 1. The van der Waals surface area contributed by atoms with Crippen LogP contribution in [0.3, 0.4) is 0 Å². The van der Waals surface area contributed by atoms with Gasteiger partial charge in [0.2, 0.25) is 0 Å². The van der Waals surface area contributed by atoms with Gasteiger partial charge in [0.1, 0.15) is 17.2 Å². The Balaban J connectivity index is 1.51. The number of nitrogens with one attached hydrogen (secondary N) is 1. The summed E-state index contributed by atoms with van der Waals surface area (Å²) in [4.78, 5) is 28.2. The average molecular weight is 374 g/mol. The van der Waals surface area contributed by atoms with Crippen molar-refractivity contribution in [2.45, 2.75) is 25.9 Å². The highest BCUT2D eigenvalue weighted by Crippen LogP contribution is 2.17. The van der Waals surface area contributed by atoms with E-state index in [0.717, 1.165) is 12.1 Å². The number of oxazole rings is 1. The summed E-state index contributed by atoms with van der Waals surface area (Å²) in [6.07, 6.45) is -0.963. The van der Waals surface area contributed by atoms with Crippen molar-refractivity contribution in [1.82, 2.24) is 4.98 Å². The second-order valence-electron chi connectivity index (χ2n) is 5.82. The van der Waals surface area contributed by atoms with E-state index in [2.05, 4.69) is 10.3 Å². The van der Waals surface area contributed by atoms with Crippen molar-refractivity contribution in [3.63, 3.8) is 0 Å². The maximum Gasteiger partial charge on any atom is 0.307 e. The second-order valence-corrected chi connectivity index (χ2v) is 5.82. The Morgan fingerprint density at radius 1 is 1.22 bits per heavy atom. The van der Waals surface area contributed by atoms with E-state index >= 15 is 0 Å². The van der Waals surface area contributed by atoms with Gasteiger partial charge in [-0.2, -0.15) is 0 Å². The summed E-state index contributed by atoms with van der Waals surface area (Å²) in [6, 6.07) is 9.95. The van der Waals surface area contributed by atoms with E-state index < -0.39 is 29.6 Å². The highest BCUT2D eigenvalue weighted by Gasteiger charge is 2.20. The van der Waals surface area contributed by atoms with Crippen LogP contribution in [-0.4, -0.2) is 23.0 Å². The number of carbonyl (C=O) groups is 2. The minimum Gasteiger partial charge on any atom is -0.453 e. The summed E-state index contributed by atoms with van der Waals surface area (Å²) in [5.41, 5.74) is 1.11. The lowest BCUT2D eigenvalue weighted by Crippen LogP contribution is -2.30. The molecule has 0 aliphatic rings. The third kappa shape index (κ3) is 4.66. The molecule has 1 heterocycles. The molecule has 3 aromatic rings. The Bertz CT molecular complexity index is 954. The number of amides is 1. The second kappa shape index (κ2) is 7.94. The van der Waals surface area contributed by atoms with E-state index in [1.165, 1.54) is 6.92 Å². The number of nitrogens with zero attached hydrogens (tertiary/aromatic N) is 1. The van der Waals surface area contributed by atoms with Gasteiger partial charge in [-0.25, -0.2) is 13.8 Å². The van der Waals surface area contributed by atoms with Crippen LogP contribution >= 0.6 is 0 Å². The first-order valence-corrected chi connectivity index (χ1v) is 8.22. The third-order valence-corrected chi connectivity index (χ3v) is 3.75. The molecule has 0 spiro atoms. The van der Waals surface area contributed by atoms with Gasteiger partial charge in [-0.15, -0.1) is 0 Å². The standard InChI is InChI=1S/C19H16F2N2O4/c1-11(19(25)23-14-7-6-12(20)10-13(14)21)26-18(24)9-8-17-22-15-4-2-3-5-16(15)27-17/h2-7,10-11H,8-9H2,1H3,(H,23,25)/t11-/m0/s1. The molecule has 0 saturated heterocycles. The molecule has 0 aliphatic carbocycles. The molecule has 1 N–H and O–H groups in total. The third-order valence-electron chi connectivity index (χ3n) is 3.75. The van der Waals surface area contributed by atoms with Gasteiger partial charge in [0, 0.05) is 12.5 Å². The van der Waals surface area contributed by atoms with Crippen LogP contribution in [0.5, 0.6) is 0 Å². The summed E-state index contributed by atoms with van der Waals surface area (Å²) in [5, 5.41) is 2.25. The van der Waals surface area contributed by atoms with Crippen molar-refractivity contribution in [3.05, 3.63) is 60.0 Å². The number of rotatable bonds is 6. The molecule has 6 nitrogen and oxygen atoms in total. The maximum absolute atomic E-state index is 13.6. The number of ether oxygens (including phenoxy) is 1. The zero-order valence-corrected chi connectivity index (χ0v) is 14.4. The minimum absolute atomic E-state index is 0.0324. The molecule has 0 aliphatic heterocycles. The number of esters is 1. The molecule has 2 aromatic carbocycles. The Morgan fingerprint density at radius 3 is 2.74 bits per heavy atom. The highest BCUT2D eigenvalue weighted by atomic mass is 19.1. The molecule has 0 bridgehead atoms. The molecule has 1 aromatic heterocycles. The number of anilines is 1. The lowest BCUT2D eigenvalue weighted by Gasteiger charge is -2.13. The Hall–Kier alpha value is -3.29. The number of halogens is 2. The molecular weight excluding hydrogens is 358 g/mol. The van der Waals surface area contributed by atoms with E-state index in [4.69, 9.17) is 9.15 Å². The van der Waals surface area contributed by atoms with Crippen LogP contribution in [0.4, 0.5) is 14.5 Å². The van der Waals surface area contributed by atoms with Gasteiger partial charge in [0.05, 0.1) is 12.1 Å². The molecule has 0 saturated carbocycles. The normalized spacial score (nSPS) is 12.0. The van der Waals surface area contributed by atoms with Gasteiger partial charge >= 0.3 is 5.97 Å². The van der Waals surface area contributed by atoms with Crippen LogP contribution in [0, 0.1) is 11.6 Å². The Morgan fingerprint density at radius 2 is 2.00 bits per heavy atom. The van der Waals surface area contributed by atoms with Gasteiger partial charge in [0.25, 0.3) is 5.91 Å². The van der Waals surface area contributed by atoms with Gasteiger partial charge in [0.15, 0.2) is 17.6 Å². The van der Waals surface area contributed by atoms with Gasteiger partial charge in [-0.3, -0.25) is 9.59 Å². The summed E-state index contributed by atoms with van der Waals surface area (Å²) < 4.78 is 37.0. The predicted octanol–water partition coefficient (Wildman–Crippen LogP) is 3.61. The van der Waals surface area contributed by atoms with E-state index in [1.807, 2.05) is 12.1 Å². The topological polar surface area (TPSA) is 81.4 Å². The van der Waals surface area contributed by atoms with Crippen molar-refractivity contribution in [3.8, 4) is 0 Å². The van der Waals surface area contributed by atoms with Crippen molar-refractivity contribution < 1.29 is 27.5 Å². The highest BCUT2D eigenvalue weighted by molar-refractivity contribution is 5.95. The van der Waals surface area contributed by atoms with Gasteiger partial charge < -0.3 is 14.5 Å². The van der Waals surface area contributed by atoms with Crippen LogP contribution in [0.15, 0.2) is 46.9 Å². The van der Waals surface area contributed by atoms with Gasteiger partial charge in [-0.1, -0.05) is 12.1 Å². The summed E-state index contributed by atoms with van der Waals surface area (Å²) in [6.45, 7) is 1.36. The van der Waals surface area contributed by atoms with Crippen LogP contribution in [0.2, 0.25) is 0 Å². The molecule has 1 atom stereocenters. The zero-order chi connectivity index (χ0) is 19.4. The average Bonchev–Trinajstić information content (AvgIpc) is 3.05. The fourth-order valence-electron chi connectivity index (χ4n) is 2.37. The quantitative estimate of drug-likeness (QED) is 0.667. The summed E-state index contributed by atoms with van der Waals surface area (Å²) >= 11 is 0. The van der Waals surface area contributed by atoms with Crippen molar-refractivity contribution in [2.24, 2.45) is 0 Å². The molecule has 140 valence electrons. The fourth-order valence-corrected chi connectivity index (χ4v) is 2.37. The van der Waals surface area contributed by atoms with Crippen LogP contribution in [0.1, 0.15) is 19.2 Å². The van der Waals surface area contributed by atoms with Crippen LogP contribution in [0.25, 0.3) is 11.1 Å². The first-order valence-electron chi connectivity index (χ1n) is 8.22. The van der Waals surface area contributed by atoms with E-state index in [0.29, 0.717) is 23.1 Å². The van der Waals surface area contributed by atoms with Crippen LogP contribution in [-0.2, 0) is 20.7 Å². The summed E-state index contributed by atoms with van der Waals surface area (Å²) in [7, 11) is 0. The van der Waals surface area contributed by atoms with E-state index in [-0.39, 0.29) is 18.5 Å². The fraction of sp³-hybridized carbons (Fsp3) is 0.211. The van der Waals surface area contributed by atoms with Crippen molar-refractivity contribution >= 4 is 28.7 Å². The van der Waals surface area contributed by atoms with Gasteiger partial charge in [-0.05, 0) is 31.2 Å². The first-order chi connectivity index (χ1) is 12.9. The van der Waals surface area contributed by atoms with Crippen molar-refractivity contribution in [2.75, 3.05) is 5.32 Å². The molecule has 3 rings (SSSR count). The molecule has 0 unspecified atom stereocenters. The number of aromatic nitrogens is 1. The van der Waals surface area contributed by atoms with Crippen LogP contribution < -0.4 is 5.32 Å². The molecule has 0 radical (unpaired) electrons. The Labute approximate surface area is 153 Å². The zero-order valence-electron chi connectivity index (χ0n) is 14.4. The number of para-hydroxylation sites is 2. The molecule has 1 amide bonds. The minimum atomic E-state index is -1.15. The number of hydrogen-bond donors (Lipinski definition) is 1. The predicted molar refractivity (Wildman–Crippen MR) is 92.9 cm³/mol. The molecule has 8 heteroatoms. The number of carbonyl (C=O) groups excluding carboxylic acids is 2. The first kappa shape index (κ1) is 18.5. The largest absolute Gasteiger partial charge is 0.453 e. The molecular formula is C19H16F2N2O4. The SMILES string of the molecule is C[C@H](OC(=O)CCc1nc2ccccc2o1)C(=O)Nc1ccc(F)cc1F. The maximum atomic E-state index is 13.6. The molecule has 0 fully saturated rings. The number of benzene rings is 2. The van der Waals surface area contributed by atoms with Crippen molar-refractivity contribution in [1.29, 1.82) is 0 Å². The van der Waals surface area contributed by atoms with E-state index in [9.17, 15) is 18.4 Å². The molecule has 27 heavy (non-hydrogen) atoms. The lowest BCUT2D eigenvalue weighted by atomic mass is 10.2. The number of fused-ring (bicyclic) bond motifs is 1. The number of hydrogen-bond acceptors (Lipinski definition) is 5. The summed E-state index contributed by atoms with van der Waals surface area (Å²) in [5.74, 6) is -2.64. The van der Waals surface area contributed by atoms with E-state index in [1.54, 1.807) is 12.1 Å².